The number of aromatic nitrogens is 4. The number of sulfonamides is 1. The molecule has 0 unspecified atom stereocenters. The van der Waals surface area contributed by atoms with Crippen LogP contribution in [0.4, 0.5) is 17.3 Å². The molecule has 0 saturated carbocycles. The first-order chi connectivity index (χ1) is 15.7. The van der Waals surface area contributed by atoms with Crippen LogP contribution in [0.2, 0.25) is 10.0 Å². The van der Waals surface area contributed by atoms with Crippen molar-refractivity contribution in [3.63, 3.8) is 0 Å². The largest absolute Gasteiger partial charge is 0.393 e. The Morgan fingerprint density at radius 1 is 1.15 bits per heavy atom. The highest BCUT2D eigenvalue weighted by Crippen LogP contribution is 2.33. The molecule has 2 N–H and O–H groups in total. The Morgan fingerprint density at radius 3 is 2.55 bits per heavy atom. The minimum Gasteiger partial charge on any atom is -0.393 e. The van der Waals surface area contributed by atoms with Gasteiger partial charge in [-0.15, -0.1) is 0 Å². The predicted molar refractivity (Wildman–Crippen MR) is 129 cm³/mol. The number of nitrogen functional groups attached to an aromatic ring is 1. The smallest absolute Gasteiger partial charge is 0.244 e. The number of hydrogen-bond donors (Lipinski definition) is 1. The van der Waals surface area contributed by atoms with Gasteiger partial charge in [0.1, 0.15) is 16.9 Å². The summed E-state index contributed by atoms with van der Waals surface area (Å²) in [5.41, 5.74) is 7.90. The van der Waals surface area contributed by atoms with Gasteiger partial charge < -0.3 is 15.5 Å². The zero-order chi connectivity index (χ0) is 23.8. The normalized spacial score (nSPS) is 15.1. The zero-order valence-electron chi connectivity index (χ0n) is 18.2. The van der Waals surface area contributed by atoms with Gasteiger partial charge in [0.2, 0.25) is 10.0 Å². The second kappa shape index (κ2) is 9.34. The second-order valence-electron chi connectivity index (χ2n) is 7.76. The Morgan fingerprint density at radius 2 is 1.88 bits per heavy atom. The molecule has 10 nitrogen and oxygen atoms in total. The quantitative estimate of drug-likeness (QED) is 0.536. The van der Waals surface area contributed by atoms with E-state index in [1.165, 1.54) is 16.7 Å². The molecule has 1 aliphatic heterocycles. The summed E-state index contributed by atoms with van der Waals surface area (Å²) in [6.07, 6.45) is 5.19. The van der Waals surface area contributed by atoms with Crippen LogP contribution in [0.25, 0.3) is 0 Å². The van der Waals surface area contributed by atoms with E-state index >= 15 is 0 Å². The van der Waals surface area contributed by atoms with Crippen molar-refractivity contribution in [1.82, 2.24) is 24.1 Å². The third-order valence-corrected chi connectivity index (χ3v) is 8.33. The lowest BCUT2D eigenvalue weighted by atomic mass is 10.3. The van der Waals surface area contributed by atoms with E-state index in [-0.39, 0.29) is 28.0 Å². The van der Waals surface area contributed by atoms with E-state index in [4.69, 9.17) is 28.9 Å². The topological polar surface area (TPSA) is 113 Å². The summed E-state index contributed by atoms with van der Waals surface area (Å²) in [5, 5.41) is 4.42. The Balaban J connectivity index is 1.49. The van der Waals surface area contributed by atoms with Crippen LogP contribution in [0.5, 0.6) is 0 Å². The van der Waals surface area contributed by atoms with E-state index in [9.17, 15) is 8.42 Å². The number of hydrogen-bond acceptors (Lipinski definition) is 8. The monoisotopic (exact) mass is 510 g/mol. The summed E-state index contributed by atoms with van der Waals surface area (Å²) in [5.74, 6) is 1.18. The minimum atomic E-state index is -3.78. The SMILES string of the molecule is CN(Cc1cnn(C)c1)c1ncnc(N2CCN(S(=O)(=O)c3cccc(Cl)c3Cl)CC2)c1N. The molecule has 3 heterocycles. The molecule has 3 aromatic rings. The van der Waals surface area contributed by atoms with Crippen molar-refractivity contribution < 1.29 is 8.42 Å². The van der Waals surface area contributed by atoms with Crippen molar-refractivity contribution >= 4 is 50.5 Å². The van der Waals surface area contributed by atoms with Gasteiger partial charge in [-0.25, -0.2) is 18.4 Å². The fourth-order valence-electron chi connectivity index (χ4n) is 3.80. The summed E-state index contributed by atoms with van der Waals surface area (Å²) >= 11 is 12.2. The molecule has 4 rings (SSSR count). The van der Waals surface area contributed by atoms with Crippen LogP contribution in [-0.4, -0.2) is 65.7 Å². The highest BCUT2D eigenvalue weighted by molar-refractivity contribution is 7.89. The van der Waals surface area contributed by atoms with E-state index in [1.807, 2.05) is 30.1 Å². The lowest BCUT2D eigenvalue weighted by molar-refractivity contribution is 0.384. The first-order valence-corrected chi connectivity index (χ1v) is 12.4. The van der Waals surface area contributed by atoms with Crippen LogP contribution < -0.4 is 15.5 Å². The lowest BCUT2D eigenvalue weighted by Gasteiger charge is -2.35. The van der Waals surface area contributed by atoms with Crippen LogP contribution in [-0.2, 0) is 23.6 Å². The van der Waals surface area contributed by atoms with Crippen LogP contribution in [0.15, 0.2) is 41.8 Å². The van der Waals surface area contributed by atoms with Gasteiger partial charge in [-0.3, -0.25) is 4.68 Å². The highest BCUT2D eigenvalue weighted by Gasteiger charge is 2.32. The lowest BCUT2D eigenvalue weighted by Crippen LogP contribution is -2.49. The van der Waals surface area contributed by atoms with Crippen molar-refractivity contribution in [3.05, 3.63) is 52.5 Å². The minimum absolute atomic E-state index is 0.00554. The van der Waals surface area contributed by atoms with Crippen molar-refractivity contribution in [2.75, 3.05) is 48.8 Å². The third-order valence-electron chi connectivity index (χ3n) is 5.45. The molecule has 1 aliphatic rings. The molecule has 1 aromatic carbocycles. The maximum absolute atomic E-state index is 13.1. The van der Waals surface area contributed by atoms with Crippen molar-refractivity contribution in [3.8, 4) is 0 Å². The van der Waals surface area contributed by atoms with E-state index in [2.05, 4.69) is 15.1 Å². The Hall–Kier alpha value is -2.60. The number of aryl methyl sites for hydroxylation is 1. The number of benzene rings is 1. The molecule has 33 heavy (non-hydrogen) atoms. The van der Waals surface area contributed by atoms with Crippen LogP contribution in [0, 0.1) is 0 Å². The average molecular weight is 511 g/mol. The van der Waals surface area contributed by atoms with Gasteiger partial charge in [-0.2, -0.15) is 9.40 Å². The summed E-state index contributed by atoms with van der Waals surface area (Å²) < 4.78 is 29.3. The van der Waals surface area contributed by atoms with Gasteiger partial charge >= 0.3 is 0 Å². The molecular weight excluding hydrogens is 487 g/mol. The summed E-state index contributed by atoms with van der Waals surface area (Å²) in [6.45, 7) is 1.95. The molecule has 0 bridgehead atoms. The van der Waals surface area contributed by atoms with Crippen LogP contribution >= 0.6 is 23.2 Å². The Kier molecular flexibility index (Phi) is 6.66. The number of rotatable bonds is 6. The van der Waals surface area contributed by atoms with E-state index in [0.717, 1.165) is 5.56 Å². The molecule has 0 amide bonds. The molecule has 2 aromatic heterocycles. The second-order valence-corrected chi connectivity index (χ2v) is 10.4. The molecule has 0 spiro atoms. The third kappa shape index (κ3) is 4.72. The van der Waals surface area contributed by atoms with Gasteiger partial charge in [0, 0.05) is 58.6 Å². The Labute approximate surface area is 202 Å². The zero-order valence-corrected chi connectivity index (χ0v) is 20.5. The average Bonchev–Trinajstić information content (AvgIpc) is 3.20. The molecule has 0 atom stereocenters. The van der Waals surface area contributed by atoms with E-state index in [0.29, 0.717) is 37.0 Å². The van der Waals surface area contributed by atoms with Gasteiger partial charge in [-0.05, 0) is 12.1 Å². The number of halogens is 2. The summed E-state index contributed by atoms with van der Waals surface area (Å²) in [6, 6.07) is 4.59. The van der Waals surface area contributed by atoms with Crippen molar-refractivity contribution in [2.24, 2.45) is 7.05 Å². The van der Waals surface area contributed by atoms with Crippen molar-refractivity contribution in [1.29, 1.82) is 0 Å². The number of anilines is 3. The molecule has 176 valence electrons. The maximum atomic E-state index is 13.1. The summed E-state index contributed by atoms with van der Waals surface area (Å²) in [4.78, 5) is 12.6. The van der Waals surface area contributed by atoms with Gasteiger partial charge in [0.05, 0.1) is 16.2 Å². The van der Waals surface area contributed by atoms with E-state index in [1.54, 1.807) is 23.0 Å². The van der Waals surface area contributed by atoms with Gasteiger partial charge in [0.15, 0.2) is 11.6 Å². The van der Waals surface area contributed by atoms with E-state index < -0.39 is 10.0 Å². The first-order valence-electron chi connectivity index (χ1n) is 10.2. The van der Waals surface area contributed by atoms with Crippen LogP contribution in [0.3, 0.4) is 0 Å². The molecule has 1 saturated heterocycles. The Bertz CT molecular complexity index is 1260. The van der Waals surface area contributed by atoms with Crippen LogP contribution in [0.1, 0.15) is 5.56 Å². The van der Waals surface area contributed by atoms with Gasteiger partial charge in [-0.1, -0.05) is 29.3 Å². The molecule has 1 fully saturated rings. The molecule has 0 aliphatic carbocycles. The standard InChI is InChI=1S/C20H24Cl2N8O2S/c1-27(11-14-10-26-28(2)12-14)19-18(23)20(25-13-24-19)29-6-8-30(9-7-29)33(31,32)16-5-3-4-15(21)17(16)22/h3-5,10,12-13H,6-9,11,23H2,1-2H3. The van der Waals surface area contributed by atoms with Gasteiger partial charge in [0.25, 0.3) is 0 Å². The first kappa shape index (κ1) is 23.6. The predicted octanol–water partition coefficient (Wildman–Crippen LogP) is 2.25. The fourth-order valence-corrected chi connectivity index (χ4v) is 5.96. The molecule has 13 heteroatoms. The maximum Gasteiger partial charge on any atom is 0.244 e. The number of piperazine rings is 1. The summed E-state index contributed by atoms with van der Waals surface area (Å²) in [7, 11) is -0.0155. The molecular formula is C20H24Cl2N8O2S. The fraction of sp³-hybridized carbons (Fsp3) is 0.350. The number of nitrogens with zero attached hydrogens (tertiary/aromatic N) is 7. The molecule has 0 radical (unpaired) electrons. The number of nitrogens with two attached hydrogens (primary N) is 1. The highest BCUT2D eigenvalue weighted by atomic mass is 35.5. The van der Waals surface area contributed by atoms with Crippen molar-refractivity contribution in [2.45, 2.75) is 11.4 Å².